The van der Waals surface area contributed by atoms with Crippen molar-refractivity contribution in [2.75, 3.05) is 24.3 Å². The van der Waals surface area contributed by atoms with E-state index in [1.54, 1.807) is 0 Å². The second kappa shape index (κ2) is 5.60. The lowest BCUT2D eigenvalue weighted by Gasteiger charge is -2.13. The summed E-state index contributed by atoms with van der Waals surface area (Å²) in [5.41, 5.74) is 3.26. The molecule has 0 bridgehead atoms. The van der Waals surface area contributed by atoms with E-state index < -0.39 is 0 Å². The van der Waals surface area contributed by atoms with Crippen LogP contribution in [0.5, 0.6) is 0 Å². The zero-order valence-corrected chi connectivity index (χ0v) is 12.4. The first kappa shape index (κ1) is 13.7. The molecule has 2 aromatic carbocycles. The molecular weight excluding hydrogens is 260 g/mol. The Labute approximate surface area is 125 Å². The normalized spacial score (nSPS) is 19.9. The van der Waals surface area contributed by atoms with Gasteiger partial charge in [-0.05, 0) is 42.2 Å². The van der Waals surface area contributed by atoms with Crippen LogP contribution in [0.2, 0.25) is 0 Å². The van der Waals surface area contributed by atoms with Gasteiger partial charge in [-0.1, -0.05) is 30.3 Å². The zero-order chi connectivity index (χ0) is 14.8. The van der Waals surface area contributed by atoms with Gasteiger partial charge in [0.05, 0.1) is 0 Å². The van der Waals surface area contributed by atoms with Crippen LogP contribution in [0, 0.1) is 5.92 Å². The summed E-state index contributed by atoms with van der Waals surface area (Å²) in [6, 6.07) is 18.2. The van der Waals surface area contributed by atoms with Gasteiger partial charge in [0, 0.05) is 31.4 Å². The predicted octanol–water partition coefficient (Wildman–Crippen LogP) is 3.49. The largest absolute Gasteiger partial charge is 0.378 e. The Morgan fingerprint density at radius 2 is 1.71 bits per heavy atom. The molecule has 2 atom stereocenters. The monoisotopic (exact) mass is 280 g/mol. The maximum Gasteiger partial charge on any atom is 0.228 e. The average Bonchev–Trinajstić information content (AvgIpc) is 3.29. The summed E-state index contributed by atoms with van der Waals surface area (Å²) in [6.07, 6.45) is 0.950. The molecule has 3 rings (SSSR count). The lowest BCUT2D eigenvalue weighted by atomic mass is 10.1. The van der Waals surface area contributed by atoms with Crippen LogP contribution in [0.4, 0.5) is 11.4 Å². The summed E-state index contributed by atoms with van der Waals surface area (Å²) in [5, 5.41) is 3.01. The third kappa shape index (κ3) is 3.07. The summed E-state index contributed by atoms with van der Waals surface area (Å²) in [4.78, 5) is 14.3. The van der Waals surface area contributed by atoms with Crippen LogP contribution in [-0.4, -0.2) is 20.0 Å². The molecule has 1 aliphatic carbocycles. The summed E-state index contributed by atoms with van der Waals surface area (Å²) in [5.74, 6) is 0.620. The van der Waals surface area contributed by atoms with Gasteiger partial charge in [-0.25, -0.2) is 0 Å². The Hall–Kier alpha value is -2.29. The lowest BCUT2D eigenvalue weighted by molar-refractivity contribution is -0.117. The second-order valence-corrected chi connectivity index (χ2v) is 5.79. The number of amides is 1. The topological polar surface area (TPSA) is 32.3 Å². The number of benzene rings is 2. The fraction of sp³-hybridized carbons (Fsp3) is 0.278. The number of anilines is 2. The molecule has 108 valence electrons. The van der Waals surface area contributed by atoms with E-state index in [1.807, 2.05) is 61.5 Å². The van der Waals surface area contributed by atoms with Crippen LogP contribution in [0.25, 0.3) is 0 Å². The van der Waals surface area contributed by atoms with Gasteiger partial charge in [0.15, 0.2) is 0 Å². The van der Waals surface area contributed by atoms with Gasteiger partial charge in [0.25, 0.3) is 0 Å². The van der Waals surface area contributed by atoms with Crippen molar-refractivity contribution in [2.24, 2.45) is 5.92 Å². The molecule has 3 heteroatoms. The van der Waals surface area contributed by atoms with Crippen molar-refractivity contribution in [1.29, 1.82) is 0 Å². The van der Waals surface area contributed by atoms with Crippen LogP contribution in [0.3, 0.4) is 0 Å². The molecule has 1 saturated carbocycles. The van der Waals surface area contributed by atoms with Crippen LogP contribution in [0.1, 0.15) is 17.9 Å². The van der Waals surface area contributed by atoms with Crippen molar-refractivity contribution in [1.82, 2.24) is 0 Å². The molecule has 1 aliphatic rings. The van der Waals surface area contributed by atoms with E-state index >= 15 is 0 Å². The van der Waals surface area contributed by atoms with Crippen LogP contribution in [0.15, 0.2) is 54.6 Å². The Balaban J connectivity index is 1.60. The highest BCUT2D eigenvalue weighted by molar-refractivity contribution is 5.95. The standard InChI is InChI=1S/C18H20N2O/c1-20(2)15-10-8-14(9-11-15)19-18(21)17-12-16(17)13-6-4-3-5-7-13/h3-11,16-17H,12H2,1-2H3,(H,19,21)/t16-,17-/m0/s1. The molecular formula is C18H20N2O. The third-order valence-corrected chi connectivity index (χ3v) is 4.01. The van der Waals surface area contributed by atoms with Gasteiger partial charge in [0.2, 0.25) is 5.91 Å². The SMILES string of the molecule is CN(C)c1ccc(NC(=O)[C@H]2C[C@H]2c2ccccc2)cc1. The average molecular weight is 280 g/mol. The van der Waals surface area contributed by atoms with Crippen molar-refractivity contribution in [3.05, 3.63) is 60.2 Å². The Kier molecular flexibility index (Phi) is 3.65. The van der Waals surface area contributed by atoms with Gasteiger partial charge in [-0.3, -0.25) is 4.79 Å². The number of rotatable bonds is 4. The first-order chi connectivity index (χ1) is 10.1. The van der Waals surface area contributed by atoms with Gasteiger partial charge < -0.3 is 10.2 Å². The summed E-state index contributed by atoms with van der Waals surface area (Å²) < 4.78 is 0. The van der Waals surface area contributed by atoms with E-state index in [9.17, 15) is 4.79 Å². The maximum absolute atomic E-state index is 12.3. The van der Waals surface area contributed by atoms with Crippen LogP contribution in [-0.2, 0) is 4.79 Å². The summed E-state index contributed by atoms with van der Waals surface area (Å²) >= 11 is 0. The molecule has 0 aromatic heterocycles. The molecule has 3 nitrogen and oxygen atoms in total. The highest BCUT2D eigenvalue weighted by atomic mass is 16.2. The highest BCUT2D eigenvalue weighted by Gasteiger charge is 2.43. The van der Waals surface area contributed by atoms with Crippen molar-refractivity contribution < 1.29 is 4.79 Å². The van der Waals surface area contributed by atoms with E-state index in [0.29, 0.717) is 5.92 Å². The van der Waals surface area contributed by atoms with Gasteiger partial charge in [0.1, 0.15) is 0 Å². The predicted molar refractivity (Wildman–Crippen MR) is 86.7 cm³/mol. The number of carbonyl (C=O) groups is 1. The minimum absolute atomic E-state index is 0.112. The molecule has 1 fully saturated rings. The molecule has 21 heavy (non-hydrogen) atoms. The molecule has 1 N–H and O–H groups in total. The number of nitrogens with zero attached hydrogens (tertiary/aromatic N) is 1. The van der Waals surface area contributed by atoms with Gasteiger partial charge in [-0.2, -0.15) is 0 Å². The van der Waals surface area contributed by atoms with Crippen LogP contribution < -0.4 is 10.2 Å². The molecule has 0 unspecified atom stereocenters. The first-order valence-electron chi connectivity index (χ1n) is 7.28. The number of hydrogen-bond acceptors (Lipinski definition) is 2. The Morgan fingerprint density at radius 1 is 1.05 bits per heavy atom. The number of nitrogens with one attached hydrogen (secondary N) is 1. The molecule has 0 heterocycles. The second-order valence-electron chi connectivity index (χ2n) is 5.79. The quantitative estimate of drug-likeness (QED) is 0.929. The third-order valence-electron chi connectivity index (χ3n) is 4.01. The zero-order valence-electron chi connectivity index (χ0n) is 12.4. The molecule has 2 aromatic rings. The molecule has 0 saturated heterocycles. The van der Waals surface area contributed by atoms with Crippen LogP contribution >= 0.6 is 0 Å². The number of hydrogen-bond donors (Lipinski definition) is 1. The van der Waals surface area contributed by atoms with Crippen molar-refractivity contribution in [3.63, 3.8) is 0 Å². The van der Waals surface area contributed by atoms with Crippen molar-refractivity contribution in [3.8, 4) is 0 Å². The Bertz CT molecular complexity index is 619. The molecule has 1 amide bonds. The molecule has 0 aliphatic heterocycles. The molecule has 0 radical (unpaired) electrons. The van der Waals surface area contributed by atoms with E-state index in [2.05, 4.69) is 17.4 Å². The molecule has 0 spiro atoms. The fourth-order valence-electron chi connectivity index (χ4n) is 2.63. The smallest absolute Gasteiger partial charge is 0.228 e. The van der Waals surface area contributed by atoms with E-state index in [0.717, 1.165) is 17.8 Å². The minimum atomic E-state index is 0.112. The van der Waals surface area contributed by atoms with Gasteiger partial charge in [-0.15, -0.1) is 0 Å². The Morgan fingerprint density at radius 3 is 2.33 bits per heavy atom. The first-order valence-corrected chi connectivity index (χ1v) is 7.28. The van der Waals surface area contributed by atoms with Gasteiger partial charge >= 0.3 is 0 Å². The van der Waals surface area contributed by atoms with Crippen molar-refractivity contribution in [2.45, 2.75) is 12.3 Å². The number of carbonyl (C=O) groups excluding carboxylic acids is 1. The minimum Gasteiger partial charge on any atom is -0.378 e. The van der Waals surface area contributed by atoms with Crippen molar-refractivity contribution >= 4 is 17.3 Å². The van der Waals surface area contributed by atoms with E-state index in [4.69, 9.17) is 0 Å². The fourth-order valence-corrected chi connectivity index (χ4v) is 2.63. The summed E-state index contributed by atoms with van der Waals surface area (Å²) in [7, 11) is 4.00. The lowest BCUT2D eigenvalue weighted by Crippen LogP contribution is -2.15. The summed E-state index contributed by atoms with van der Waals surface area (Å²) in [6.45, 7) is 0. The van der Waals surface area contributed by atoms with E-state index in [-0.39, 0.29) is 11.8 Å². The highest BCUT2D eigenvalue weighted by Crippen LogP contribution is 2.47. The van der Waals surface area contributed by atoms with E-state index in [1.165, 1.54) is 5.56 Å². The maximum atomic E-state index is 12.3.